The largest absolute Gasteiger partial charge is 0.481 e. The minimum atomic E-state index is -0.285. The average Bonchev–Trinajstić information content (AvgIpc) is 3.23. The van der Waals surface area contributed by atoms with Crippen molar-refractivity contribution < 1.29 is 14.3 Å². The van der Waals surface area contributed by atoms with Crippen molar-refractivity contribution in [3.8, 4) is 5.88 Å². The van der Waals surface area contributed by atoms with E-state index in [1.54, 1.807) is 34.8 Å². The lowest BCUT2D eigenvalue weighted by Gasteiger charge is -2.28. The number of methoxy groups -OCH3 is 1. The number of benzene rings is 2. The SMILES string of the molecule is COc1cccc(C(=O)NCC[C@H](Cc2ccccc2)N(C)C(=O)c2nn(C)c3ccc(C)cc23)n1. The standard InChI is InChI=1S/C28H31N5O3/c1-19-13-14-24-22(17-19)26(31-33(24)3)28(35)32(2)21(18-20-9-6-5-7-10-20)15-16-29-27(34)23-11-8-12-25(30-23)36-4/h5-14,17,21H,15-16,18H2,1-4H3,(H,29,34)/t21-/m1/s1. The van der Waals surface area contributed by atoms with Crippen LogP contribution in [0.15, 0.2) is 66.7 Å². The lowest BCUT2D eigenvalue weighted by atomic mass is 10.0. The summed E-state index contributed by atoms with van der Waals surface area (Å²) in [7, 11) is 5.16. The lowest BCUT2D eigenvalue weighted by molar-refractivity contribution is 0.0718. The number of pyridine rings is 1. The lowest BCUT2D eigenvalue weighted by Crippen LogP contribution is -2.41. The van der Waals surface area contributed by atoms with Gasteiger partial charge in [0.25, 0.3) is 11.8 Å². The first-order valence-corrected chi connectivity index (χ1v) is 11.9. The number of fused-ring (bicyclic) bond motifs is 1. The van der Waals surface area contributed by atoms with Gasteiger partial charge in [-0.2, -0.15) is 5.10 Å². The summed E-state index contributed by atoms with van der Waals surface area (Å²) < 4.78 is 6.85. The molecule has 0 aliphatic carbocycles. The molecule has 2 aromatic carbocycles. The molecule has 0 aliphatic rings. The Bertz CT molecular complexity index is 1370. The fourth-order valence-electron chi connectivity index (χ4n) is 4.29. The molecule has 0 bridgehead atoms. The van der Waals surface area contributed by atoms with E-state index in [4.69, 9.17) is 4.74 Å². The molecule has 4 rings (SSSR count). The van der Waals surface area contributed by atoms with Crippen LogP contribution >= 0.6 is 0 Å². The van der Waals surface area contributed by atoms with E-state index >= 15 is 0 Å². The van der Waals surface area contributed by atoms with Gasteiger partial charge in [-0.1, -0.05) is 48.0 Å². The van der Waals surface area contributed by atoms with Gasteiger partial charge in [-0.3, -0.25) is 14.3 Å². The van der Waals surface area contributed by atoms with Crippen molar-refractivity contribution in [2.45, 2.75) is 25.8 Å². The van der Waals surface area contributed by atoms with Gasteiger partial charge < -0.3 is 15.0 Å². The molecule has 0 spiro atoms. The summed E-state index contributed by atoms with van der Waals surface area (Å²) in [5.74, 6) is -0.0479. The van der Waals surface area contributed by atoms with Gasteiger partial charge in [-0.05, 0) is 43.5 Å². The fraction of sp³-hybridized carbons (Fsp3) is 0.286. The van der Waals surface area contributed by atoms with Crippen molar-refractivity contribution in [3.05, 3.63) is 89.2 Å². The number of hydrogen-bond donors (Lipinski definition) is 1. The van der Waals surface area contributed by atoms with Crippen LogP contribution in [0.4, 0.5) is 0 Å². The Hall–Kier alpha value is -4.20. The Labute approximate surface area is 210 Å². The fourth-order valence-corrected chi connectivity index (χ4v) is 4.29. The molecule has 1 N–H and O–H groups in total. The van der Waals surface area contributed by atoms with Gasteiger partial charge in [0.05, 0.1) is 12.6 Å². The maximum atomic E-state index is 13.6. The number of likely N-dealkylation sites (N-methyl/N-ethyl adjacent to an activating group) is 1. The van der Waals surface area contributed by atoms with Crippen molar-refractivity contribution in [3.63, 3.8) is 0 Å². The van der Waals surface area contributed by atoms with E-state index in [9.17, 15) is 9.59 Å². The number of amides is 2. The Morgan fingerprint density at radius 3 is 2.61 bits per heavy atom. The van der Waals surface area contributed by atoms with Gasteiger partial charge in [-0.25, -0.2) is 4.98 Å². The number of rotatable bonds is 9. The molecule has 2 heterocycles. The molecule has 8 nitrogen and oxygen atoms in total. The van der Waals surface area contributed by atoms with E-state index in [1.807, 2.05) is 62.5 Å². The molecular weight excluding hydrogens is 454 g/mol. The number of carbonyl (C=O) groups is 2. The van der Waals surface area contributed by atoms with Crippen molar-refractivity contribution in [1.82, 2.24) is 25.0 Å². The maximum Gasteiger partial charge on any atom is 0.275 e. The van der Waals surface area contributed by atoms with Gasteiger partial charge >= 0.3 is 0 Å². The van der Waals surface area contributed by atoms with Crippen LogP contribution < -0.4 is 10.1 Å². The van der Waals surface area contributed by atoms with Gasteiger partial charge in [-0.15, -0.1) is 0 Å². The molecule has 8 heteroatoms. The molecule has 0 aliphatic heterocycles. The average molecular weight is 486 g/mol. The Morgan fingerprint density at radius 2 is 1.86 bits per heavy atom. The second kappa shape index (κ2) is 11.0. The van der Waals surface area contributed by atoms with Gasteiger partial charge in [0.2, 0.25) is 5.88 Å². The highest BCUT2D eigenvalue weighted by atomic mass is 16.5. The van der Waals surface area contributed by atoms with Crippen molar-refractivity contribution in [2.24, 2.45) is 7.05 Å². The number of hydrogen-bond acceptors (Lipinski definition) is 5. The number of nitrogens with zero attached hydrogens (tertiary/aromatic N) is 4. The highest BCUT2D eigenvalue weighted by Crippen LogP contribution is 2.22. The predicted molar refractivity (Wildman–Crippen MR) is 139 cm³/mol. The molecule has 4 aromatic rings. The molecule has 0 unspecified atom stereocenters. The Balaban J connectivity index is 1.52. The summed E-state index contributed by atoms with van der Waals surface area (Å²) in [5.41, 5.74) is 3.82. The first-order chi connectivity index (χ1) is 17.4. The van der Waals surface area contributed by atoms with Crippen molar-refractivity contribution in [1.29, 1.82) is 0 Å². The van der Waals surface area contributed by atoms with Crippen LogP contribution in [0.3, 0.4) is 0 Å². The summed E-state index contributed by atoms with van der Waals surface area (Å²) in [6, 6.07) is 20.9. The van der Waals surface area contributed by atoms with Gasteiger partial charge in [0, 0.05) is 38.1 Å². The van der Waals surface area contributed by atoms with Crippen molar-refractivity contribution in [2.75, 3.05) is 20.7 Å². The predicted octanol–water partition coefficient (Wildman–Crippen LogP) is 3.79. The zero-order valence-electron chi connectivity index (χ0n) is 21.1. The van der Waals surface area contributed by atoms with Crippen LogP contribution in [0.5, 0.6) is 5.88 Å². The van der Waals surface area contributed by atoms with E-state index in [1.165, 1.54) is 7.11 Å². The Kier molecular flexibility index (Phi) is 7.63. The zero-order valence-corrected chi connectivity index (χ0v) is 21.1. The van der Waals surface area contributed by atoms with E-state index in [2.05, 4.69) is 15.4 Å². The number of aromatic nitrogens is 3. The quantitative estimate of drug-likeness (QED) is 0.390. The first-order valence-electron chi connectivity index (χ1n) is 11.9. The molecule has 0 fully saturated rings. The third-order valence-electron chi connectivity index (χ3n) is 6.32. The molecule has 1 atom stereocenters. The zero-order chi connectivity index (χ0) is 25.7. The maximum absolute atomic E-state index is 13.6. The Morgan fingerprint density at radius 1 is 1.08 bits per heavy atom. The molecule has 36 heavy (non-hydrogen) atoms. The number of aryl methyl sites for hydroxylation is 2. The summed E-state index contributed by atoms with van der Waals surface area (Å²) >= 11 is 0. The smallest absolute Gasteiger partial charge is 0.275 e. The third-order valence-corrected chi connectivity index (χ3v) is 6.32. The summed E-state index contributed by atoms with van der Waals surface area (Å²) in [6.07, 6.45) is 1.22. The first kappa shape index (κ1) is 24.9. The topological polar surface area (TPSA) is 89.4 Å². The van der Waals surface area contributed by atoms with Crippen LogP contribution in [0.2, 0.25) is 0 Å². The molecule has 0 saturated carbocycles. The molecule has 2 amide bonds. The molecular formula is C28H31N5O3. The van der Waals surface area contributed by atoms with E-state index < -0.39 is 0 Å². The molecule has 186 valence electrons. The summed E-state index contributed by atoms with van der Waals surface area (Å²) in [4.78, 5) is 32.2. The third kappa shape index (κ3) is 5.54. The normalized spacial score (nSPS) is 11.8. The highest BCUT2D eigenvalue weighted by molar-refractivity contribution is 6.05. The van der Waals surface area contributed by atoms with Crippen LogP contribution in [0.1, 0.15) is 38.5 Å². The van der Waals surface area contributed by atoms with E-state index in [-0.39, 0.29) is 23.6 Å². The van der Waals surface area contributed by atoms with E-state index in [0.717, 1.165) is 22.0 Å². The number of carbonyl (C=O) groups excluding carboxylic acids is 2. The van der Waals surface area contributed by atoms with Gasteiger partial charge in [0.15, 0.2) is 5.69 Å². The van der Waals surface area contributed by atoms with E-state index in [0.29, 0.717) is 31.0 Å². The highest BCUT2D eigenvalue weighted by Gasteiger charge is 2.26. The molecule has 0 saturated heterocycles. The summed E-state index contributed by atoms with van der Waals surface area (Å²) in [6.45, 7) is 2.39. The molecule has 0 radical (unpaired) electrons. The monoisotopic (exact) mass is 485 g/mol. The van der Waals surface area contributed by atoms with Crippen LogP contribution in [0, 0.1) is 6.92 Å². The van der Waals surface area contributed by atoms with Gasteiger partial charge in [0.1, 0.15) is 5.69 Å². The van der Waals surface area contributed by atoms with Crippen molar-refractivity contribution >= 4 is 22.7 Å². The number of ether oxygens (including phenoxy) is 1. The molecule has 2 aromatic heterocycles. The van der Waals surface area contributed by atoms with Crippen LogP contribution in [0.25, 0.3) is 10.9 Å². The van der Waals surface area contributed by atoms with Crippen LogP contribution in [-0.2, 0) is 13.5 Å². The second-order valence-electron chi connectivity index (χ2n) is 8.86. The minimum absolute atomic E-state index is 0.145. The minimum Gasteiger partial charge on any atom is -0.481 e. The summed E-state index contributed by atoms with van der Waals surface area (Å²) in [5, 5.41) is 8.31. The van der Waals surface area contributed by atoms with Crippen LogP contribution in [-0.4, -0.2) is 58.2 Å². The second-order valence-corrected chi connectivity index (χ2v) is 8.86. The number of nitrogens with one attached hydrogen (secondary N) is 1.